The number of thioether (sulfide) groups is 1. The normalized spacial score (nSPS) is 15.2. The fourth-order valence-corrected chi connectivity index (χ4v) is 6.47. The van der Waals surface area contributed by atoms with Crippen molar-refractivity contribution in [3.8, 4) is 0 Å². The Morgan fingerprint density at radius 2 is 1.92 bits per heavy atom. The van der Waals surface area contributed by atoms with Gasteiger partial charge in [-0.3, -0.25) is 9.36 Å². The number of anilines is 1. The van der Waals surface area contributed by atoms with E-state index in [0.717, 1.165) is 20.5 Å². The summed E-state index contributed by atoms with van der Waals surface area (Å²) in [4.78, 5) is 35.8. The first-order chi connectivity index (χ1) is 18.8. The minimum absolute atomic E-state index is 0.203. The van der Waals surface area contributed by atoms with Gasteiger partial charge in [-0.15, -0.1) is 11.8 Å². The highest BCUT2D eigenvalue weighted by Gasteiger charge is 2.35. The number of fused-ring (bicyclic) bond motifs is 1. The van der Waals surface area contributed by atoms with Gasteiger partial charge in [-0.05, 0) is 46.8 Å². The number of furan rings is 1. The van der Waals surface area contributed by atoms with Crippen LogP contribution >= 0.6 is 39.0 Å². The summed E-state index contributed by atoms with van der Waals surface area (Å²) in [6, 6.07) is 18.5. The third kappa shape index (κ3) is 5.28. The highest BCUT2D eigenvalue weighted by atomic mass is 79.9. The molecule has 7 nitrogen and oxygen atoms in total. The molecule has 0 N–H and O–H groups in total. The maximum Gasteiger partial charge on any atom is 0.338 e. The second kappa shape index (κ2) is 11.4. The van der Waals surface area contributed by atoms with Gasteiger partial charge in [0.05, 0.1) is 32.9 Å². The molecule has 0 spiro atoms. The molecule has 10 heteroatoms. The van der Waals surface area contributed by atoms with Crippen molar-refractivity contribution in [3.63, 3.8) is 0 Å². The van der Waals surface area contributed by atoms with Gasteiger partial charge in [-0.25, -0.2) is 9.79 Å². The Labute approximate surface area is 242 Å². The lowest BCUT2D eigenvalue weighted by molar-refractivity contribution is -0.138. The Hall–Kier alpha value is -3.34. The number of aromatic nitrogens is 1. The van der Waals surface area contributed by atoms with Crippen LogP contribution in [0.4, 0.5) is 5.88 Å². The van der Waals surface area contributed by atoms with Crippen molar-refractivity contribution in [2.45, 2.75) is 17.9 Å². The molecular formula is C29H26BrN3O4S2. The number of hydrogen-bond donors (Lipinski definition) is 0. The third-order valence-electron chi connectivity index (χ3n) is 6.17. The van der Waals surface area contributed by atoms with Crippen LogP contribution in [0.25, 0.3) is 11.8 Å². The smallest absolute Gasteiger partial charge is 0.338 e. The van der Waals surface area contributed by atoms with Crippen LogP contribution < -0.4 is 19.8 Å². The minimum Gasteiger partial charge on any atom is -0.463 e. The number of halogens is 1. The van der Waals surface area contributed by atoms with E-state index in [1.807, 2.05) is 85.9 Å². The van der Waals surface area contributed by atoms with Crippen LogP contribution in [0.1, 0.15) is 29.9 Å². The molecule has 5 rings (SSSR count). The fraction of sp³-hybridized carbons (Fsp3) is 0.207. The zero-order valence-electron chi connectivity index (χ0n) is 21.8. The number of carbonyl (C=O) groups excluding carboxylic acids is 1. The Morgan fingerprint density at radius 1 is 1.21 bits per heavy atom. The van der Waals surface area contributed by atoms with Gasteiger partial charge in [0.15, 0.2) is 4.80 Å². The van der Waals surface area contributed by atoms with Crippen molar-refractivity contribution in [2.75, 3.05) is 31.9 Å². The maximum atomic E-state index is 14.0. The Morgan fingerprint density at radius 3 is 2.54 bits per heavy atom. The number of hydrogen-bond acceptors (Lipinski definition) is 8. The average molecular weight is 625 g/mol. The van der Waals surface area contributed by atoms with Gasteiger partial charge >= 0.3 is 5.97 Å². The lowest BCUT2D eigenvalue weighted by Crippen LogP contribution is -2.40. The Kier molecular flexibility index (Phi) is 7.97. The maximum absolute atomic E-state index is 14.0. The van der Waals surface area contributed by atoms with E-state index in [1.165, 1.54) is 11.3 Å². The summed E-state index contributed by atoms with van der Waals surface area (Å²) in [5.41, 5.74) is 2.13. The summed E-state index contributed by atoms with van der Waals surface area (Å²) in [5, 5.41) is 0. The Bertz CT molecular complexity index is 1740. The number of carbonyl (C=O) groups is 1. The van der Waals surface area contributed by atoms with Crippen LogP contribution in [0.2, 0.25) is 0 Å². The SMILES string of the molecule is CCOC(=O)C1=C(c2ccccc2)N=c2s/c(=C/c3cc(Br)c(N(C)C)o3)c(=O)n2[C@H]1c1ccc(SC)cc1. The number of thiazole rings is 1. The van der Waals surface area contributed by atoms with Crippen molar-refractivity contribution in [1.29, 1.82) is 0 Å². The molecular weight excluding hydrogens is 598 g/mol. The average Bonchev–Trinajstić information content (AvgIpc) is 3.47. The second-order valence-corrected chi connectivity index (χ2v) is 11.6. The van der Waals surface area contributed by atoms with E-state index in [0.29, 0.717) is 32.2 Å². The van der Waals surface area contributed by atoms with Crippen LogP contribution in [-0.2, 0) is 9.53 Å². The molecule has 0 aliphatic carbocycles. The zero-order valence-corrected chi connectivity index (χ0v) is 25.0. The van der Waals surface area contributed by atoms with E-state index in [1.54, 1.807) is 29.3 Å². The number of benzene rings is 2. The molecule has 0 saturated carbocycles. The molecule has 0 radical (unpaired) electrons. The summed E-state index contributed by atoms with van der Waals surface area (Å²) in [6.07, 6.45) is 3.72. The number of ether oxygens (including phenoxy) is 1. The molecule has 0 amide bonds. The molecule has 2 aromatic heterocycles. The van der Waals surface area contributed by atoms with E-state index in [-0.39, 0.29) is 12.2 Å². The molecule has 200 valence electrons. The van der Waals surface area contributed by atoms with E-state index < -0.39 is 12.0 Å². The molecule has 0 fully saturated rings. The van der Waals surface area contributed by atoms with E-state index >= 15 is 0 Å². The van der Waals surface area contributed by atoms with Crippen molar-refractivity contribution >= 4 is 62.7 Å². The zero-order chi connectivity index (χ0) is 27.7. The largest absolute Gasteiger partial charge is 0.463 e. The molecule has 0 saturated heterocycles. The van der Waals surface area contributed by atoms with Gasteiger partial charge in [0.2, 0.25) is 5.88 Å². The van der Waals surface area contributed by atoms with Crippen molar-refractivity contribution in [3.05, 3.63) is 107 Å². The molecule has 2 aromatic carbocycles. The third-order valence-corrected chi connectivity index (χ3v) is 8.47. The second-order valence-electron chi connectivity index (χ2n) is 8.90. The molecule has 3 heterocycles. The summed E-state index contributed by atoms with van der Waals surface area (Å²) < 4.78 is 14.3. The van der Waals surface area contributed by atoms with Gasteiger partial charge in [-0.2, -0.15) is 0 Å². The Balaban J connectivity index is 1.80. The van der Waals surface area contributed by atoms with Gasteiger partial charge in [0.1, 0.15) is 5.76 Å². The highest BCUT2D eigenvalue weighted by Crippen LogP contribution is 2.36. The first-order valence-electron chi connectivity index (χ1n) is 12.2. The van der Waals surface area contributed by atoms with Gasteiger partial charge in [0.25, 0.3) is 5.56 Å². The van der Waals surface area contributed by atoms with Crippen molar-refractivity contribution < 1.29 is 13.9 Å². The lowest BCUT2D eigenvalue weighted by Gasteiger charge is -2.26. The predicted molar refractivity (Wildman–Crippen MR) is 160 cm³/mol. The van der Waals surface area contributed by atoms with Crippen molar-refractivity contribution in [1.82, 2.24) is 4.57 Å². The molecule has 1 aliphatic rings. The van der Waals surface area contributed by atoms with Gasteiger partial charge < -0.3 is 14.1 Å². The molecule has 0 bridgehead atoms. The summed E-state index contributed by atoms with van der Waals surface area (Å²) in [7, 11) is 3.76. The lowest BCUT2D eigenvalue weighted by atomic mass is 9.93. The first-order valence-corrected chi connectivity index (χ1v) is 15.0. The van der Waals surface area contributed by atoms with Crippen LogP contribution in [0, 0.1) is 0 Å². The topological polar surface area (TPSA) is 77.0 Å². The quantitative estimate of drug-likeness (QED) is 0.211. The van der Waals surface area contributed by atoms with Gasteiger partial charge in [0, 0.05) is 36.7 Å². The van der Waals surface area contributed by atoms with Crippen LogP contribution in [0.3, 0.4) is 0 Å². The molecule has 1 atom stereocenters. The van der Waals surface area contributed by atoms with Crippen LogP contribution in [0.5, 0.6) is 0 Å². The first kappa shape index (κ1) is 27.2. The molecule has 1 aliphatic heterocycles. The van der Waals surface area contributed by atoms with Crippen LogP contribution in [0.15, 0.2) is 89.8 Å². The summed E-state index contributed by atoms with van der Waals surface area (Å²) >= 11 is 6.40. The predicted octanol–water partition coefficient (Wildman–Crippen LogP) is 5.08. The van der Waals surface area contributed by atoms with Gasteiger partial charge in [-0.1, -0.05) is 53.8 Å². The number of nitrogens with zero attached hydrogens (tertiary/aromatic N) is 3. The highest BCUT2D eigenvalue weighted by molar-refractivity contribution is 9.10. The number of esters is 1. The molecule has 0 unspecified atom stereocenters. The van der Waals surface area contributed by atoms with Crippen LogP contribution in [-0.4, -0.2) is 37.5 Å². The fourth-order valence-electron chi connectivity index (χ4n) is 4.42. The minimum atomic E-state index is -0.714. The monoisotopic (exact) mass is 623 g/mol. The standard InChI is InChI=1S/C29H26BrN3O4S2/c1-5-36-28(35)23-24(17-9-7-6-8-10-17)31-29-33(25(23)18-11-13-20(38-4)14-12-18)26(34)22(39-29)16-19-15-21(30)27(37-19)32(2)3/h6-16,25H,5H2,1-4H3/b22-16+/t25-/m0/s1. The molecule has 4 aromatic rings. The van der Waals surface area contributed by atoms with Crippen molar-refractivity contribution in [2.24, 2.45) is 4.99 Å². The van der Waals surface area contributed by atoms with E-state index in [9.17, 15) is 9.59 Å². The number of rotatable bonds is 7. The molecule has 39 heavy (non-hydrogen) atoms. The van der Waals surface area contributed by atoms with E-state index in [4.69, 9.17) is 14.1 Å². The summed E-state index contributed by atoms with van der Waals surface area (Å²) in [6.45, 7) is 1.97. The van der Waals surface area contributed by atoms with E-state index in [2.05, 4.69) is 15.9 Å². The summed E-state index contributed by atoms with van der Waals surface area (Å²) in [5.74, 6) is 0.681.